The molecule has 7 heteroatoms. The van der Waals surface area contributed by atoms with E-state index in [1.807, 2.05) is 18.2 Å². The Kier molecular flexibility index (Phi) is 7.10. The van der Waals surface area contributed by atoms with Gasteiger partial charge in [-0.3, -0.25) is 9.36 Å². The Hall–Kier alpha value is -2.46. The molecule has 136 valence electrons. The predicted molar refractivity (Wildman–Crippen MR) is 104 cm³/mol. The topological polar surface area (TPSA) is 90.7 Å². The SMILES string of the molecule is CCCCCCn1c(O)c(C#N)c(C)c(N=Nc2cccc(Br)c2)c1=O. The highest BCUT2D eigenvalue weighted by molar-refractivity contribution is 9.10. The monoisotopic (exact) mass is 416 g/mol. The van der Waals surface area contributed by atoms with Gasteiger partial charge < -0.3 is 5.11 Å². The van der Waals surface area contributed by atoms with Crippen LogP contribution >= 0.6 is 15.9 Å². The number of benzene rings is 1. The summed E-state index contributed by atoms with van der Waals surface area (Å²) < 4.78 is 2.07. The molecule has 0 aliphatic carbocycles. The van der Waals surface area contributed by atoms with E-state index in [0.29, 0.717) is 17.8 Å². The zero-order valence-corrected chi connectivity index (χ0v) is 16.5. The molecule has 1 N–H and O–H groups in total. The van der Waals surface area contributed by atoms with E-state index >= 15 is 0 Å². The van der Waals surface area contributed by atoms with Crippen molar-refractivity contribution in [2.45, 2.75) is 46.1 Å². The Bertz CT molecular complexity index is 913. The number of azo groups is 1. The van der Waals surface area contributed by atoms with E-state index in [4.69, 9.17) is 0 Å². The van der Waals surface area contributed by atoms with Crippen LogP contribution < -0.4 is 5.56 Å². The van der Waals surface area contributed by atoms with Crippen LogP contribution in [0.1, 0.15) is 43.7 Å². The summed E-state index contributed by atoms with van der Waals surface area (Å²) >= 11 is 3.36. The highest BCUT2D eigenvalue weighted by Gasteiger charge is 2.18. The first-order valence-electron chi connectivity index (χ1n) is 8.53. The highest BCUT2D eigenvalue weighted by atomic mass is 79.9. The van der Waals surface area contributed by atoms with Crippen LogP contribution in [0.15, 0.2) is 43.8 Å². The molecule has 0 atom stereocenters. The summed E-state index contributed by atoms with van der Waals surface area (Å²) in [6.07, 6.45) is 3.83. The molecule has 0 aliphatic rings. The van der Waals surface area contributed by atoms with Crippen LogP contribution in [0, 0.1) is 18.3 Å². The van der Waals surface area contributed by atoms with Gasteiger partial charge in [0.15, 0.2) is 5.69 Å². The molecule has 0 radical (unpaired) electrons. The van der Waals surface area contributed by atoms with E-state index in [0.717, 1.165) is 30.2 Å². The van der Waals surface area contributed by atoms with Crippen LogP contribution in [0.4, 0.5) is 11.4 Å². The third-order valence-electron chi connectivity index (χ3n) is 4.08. The summed E-state index contributed by atoms with van der Waals surface area (Å²) in [6, 6.07) is 9.17. The number of aromatic nitrogens is 1. The number of pyridine rings is 1. The fraction of sp³-hybridized carbons (Fsp3) is 0.368. The number of nitriles is 1. The van der Waals surface area contributed by atoms with Gasteiger partial charge in [0.25, 0.3) is 5.56 Å². The summed E-state index contributed by atoms with van der Waals surface area (Å²) in [6.45, 7) is 4.04. The van der Waals surface area contributed by atoms with Crippen molar-refractivity contribution in [3.05, 3.63) is 50.2 Å². The first kappa shape index (κ1) is 19.9. The summed E-state index contributed by atoms with van der Waals surface area (Å²) in [5.41, 5.74) is 0.616. The zero-order valence-electron chi connectivity index (χ0n) is 14.9. The normalized spacial score (nSPS) is 11.0. The average Bonchev–Trinajstić information content (AvgIpc) is 2.61. The molecular weight excluding hydrogens is 396 g/mol. The maximum atomic E-state index is 12.8. The van der Waals surface area contributed by atoms with Gasteiger partial charge in [-0.1, -0.05) is 48.2 Å². The molecule has 1 aromatic carbocycles. The van der Waals surface area contributed by atoms with Crippen LogP contribution in [-0.4, -0.2) is 9.67 Å². The van der Waals surface area contributed by atoms with Crippen LogP contribution in [0.5, 0.6) is 5.88 Å². The van der Waals surface area contributed by atoms with Crippen molar-refractivity contribution in [3.8, 4) is 11.9 Å². The second kappa shape index (κ2) is 9.30. The average molecular weight is 417 g/mol. The number of nitrogens with zero attached hydrogens (tertiary/aromatic N) is 4. The lowest BCUT2D eigenvalue weighted by atomic mass is 10.1. The van der Waals surface area contributed by atoms with Crippen molar-refractivity contribution in [1.29, 1.82) is 5.26 Å². The summed E-state index contributed by atoms with van der Waals surface area (Å²) in [5.74, 6) is -0.298. The van der Waals surface area contributed by atoms with Gasteiger partial charge in [-0.2, -0.15) is 10.4 Å². The Balaban J connectivity index is 2.45. The van der Waals surface area contributed by atoms with E-state index in [-0.39, 0.29) is 17.1 Å². The maximum absolute atomic E-state index is 12.8. The van der Waals surface area contributed by atoms with E-state index in [1.165, 1.54) is 4.57 Å². The minimum Gasteiger partial charge on any atom is -0.493 e. The molecule has 1 heterocycles. The van der Waals surface area contributed by atoms with Gasteiger partial charge in [-0.25, -0.2) is 0 Å². The van der Waals surface area contributed by atoms with E-state index in [2.05, 4.69) is 33.1 Å². The Morgan fingerprint density at radius 2 is 2.04 bits per heavy atom. The van der Waals surface area contributed by atoms with E-state index in [9.17, 15) is 15.2 Å². The molecular formula is C19H21BrN4O2. The number of hydrogen-bond donors (Lipinski definition) is 1. The van der Waals surface area contributed by atoms with Crippen molar-refractivity contribution in [2.75, 3.05) is 0 Å². The van der Waals surface area contributed by atoms with Gasteiger partial charge in [0.1, 0.15) is 11.6 Å². The molecule has 0 unspecified atom stereocenters. The lowest BCUT2D eigenvalue weighted by Gasteiger charge is -2.12. The molecule has 0 bridgehead atoms. The lowest BCUT2D eigenvalue weighted by Crippen LogP contribution is -2.22. The van der Waals surface area contributed by atoms with E-state index < -0.39 is 5.56 Å². The fourth-order valence-corrected chi connectivity index (χ4v) is 2.99. The number of halogens is 1. The Morgan fingerprint density at radius 3 is 2.69 bits per heavy atom. The van der Waals surface area contributed by atoms with Crippen molar-refractivity contribution in [2.24, 2.45) is 10.2 Å². The molecule has 26 heavy (non-hydrogen) atoms. The molecule has 1 aromatic heterocycles. The third-order valence-corrected chi connectivity index (χ3v) is 4.57. The van der Waals surface area contributed by atoms with Crippen molar-refractivity contribution in [1.82, 2.24) is 4.57 Å². The molecule has 2 rings (SSSR count). The first-order valence-corrected chi connectivity index (χ1v) is 9.32. The van der Waals surface area contributed by atoms with Crippen molar-refractivity contribution >= 4 is 27.3 Å². The highest BCUT2D eigenvalue weighted by Crippen LogP contribution is 2.27. The van der Waals surface area contributed by atoms with E-state index in [1.54, 1.807) is 19.1 Å². The molecule has 2 aromatic rings. The quantitative estimate of drug-likeness (QED) is 0.477. The van der Waals surface area contributed by atoms with Gasteiger partial charge >= 0.3 is 0 Å². The van der Waals surface area contributed by atoms with Crippen LogP contribution in [0.2, 0.25) is 0 Å². The second-order valence-electron chi connectivity index (χ2n) is 5.98. The van der Waals surface area contributed by atoms with Gasteiger partial charge in [0.2, 0.25) is 5.88 Å². The molecule has 0 saturated heterocycles. The van der Waals surface area contributed by atoms with Crippen molar-refractivity contribution < 1.29 is 5.11 Å². The molecule has 0 fully saturated rings. The smallest absolute Gasteiger partial charge is 0.281 e. The van der Waals surface area contributed by atoms with Crippen LogP contribution in [0.25, 0.3) is 0 Å². The Labute approximate surface area is 161 Å². The fourth-order valence-electron chi connectivity index (χ4n) is 2.61. The summed E-state index contributed by atoms with van der Waals surface area (Å²) in [4.78, 5) is 12.8. The van der Waals surface area contributed by atoms with Crippen molar-refractivity contribution in [3.63, 3.8) is 0 Å². The third kappa shape index (κ3) is 4.58. The van der Waals surface area contributed by atoms with Gasteiger partial charge in [-0.05, 0) is 31.5 Å². The van der Waals surface area contributed by atoms with Gasteiger partial charge in [-0.15, -0.1) is 5.11 Å². The number of unbranched alkanes of at least 4 members (excludes halogenated alkanes) is 3. The zero-order chi connectivity index (χ0) is 19.1. The maximum Gasteiger partial charge on any atom is 0.281 e. The largest absolute Gasteiger partial charge is 0.493 e. The minimum absolute atomic E-state index is 0.0586. The number of hydrogen-bond acceptors (Lipinski definition) is 5. The summed E-state index contributed by atoms with van der Waals surface area (Å²) in [5, 5.41) is 27.9. The minimum atomic E-state index is -0.436. The predicted octanol–water partition coefficient (Wildman–Crippen LogP) is 5.49. The first-order chi connectivity index (χ1) is 12.5. The van der Waals surface area contributed by atoms with Gasteiger partial charge in [0.05, 0.1) is 5.69 Å². The van der Waals surface area contributed by atoms with Crippen LogP contribution in [0.3, 0.4) is 0 Å². The molecule has 0 aliphatic heterocycles. The number of aromatic hydroxyl groups is 1. The second-order valence-corrected chi connectivity index (χ2v) is 6.90. The lowest BCUT2D eigenvalue weighted by molar-refractivity contribution is 0.397. The summed E-state index contributed by atoms with van der Waals surface area (Å²) in [7, 11) is 0. The molecule has 0 spiro atoms. The molecule has 0 saturated carbocycles. The molecule has 6 nitrogen and oxygen atoms in total. The Morgan fingerprint density at radius 1 is 1.27 bits per heavy atom. The van der Waals surface area contributed by atoms with Gasteiger partial charge in [0, 0.05) is 16.6 Å². The standard InChI is InChI=1S/C19H21BrN4O2/c1-3-4-5-6-10-24-18(25)16(12-21)13(2)17(19(24)26)23-22-15-9-7-8-14(20)11-15/h7-9,11,25H,3-6,10H2,1-2H3. The van der Waals surface area contributed by atoms with Crippen LogP contribution in [-0.2, 0) is 6.54 Å². The number of rotatable bonds is 7. The molecule has 0 amide bonds.